The molecule has 0 bridgehead atoms. The number of ketones is 1. The molecular weight excluding hydrogens is 337 g/mol. The third-order valence-electron chi connectivity index (χ3n) is 2.55. The zero-order chi connectivity index (χ0) is 12.9. The van der Waals surface area contributed by atoms with Crippen molar-refractivity contribution in [3.63, 3.8) is 0 Å². The first-order valence-corrected chi connectivity index (χ1v) is 5.96. The molecule has 0 aliphatic rings. The van der Waals surface area contributed by atoms with Crippen molar-refractivity contribution in [3.05, 3.63) is 42.0 Å². The van der Waals surface area contributed by atoms with Gasteiger partial charge in [0.25, 0.3) is 0 Å². The van der Waals surface area contributed by atoms with Crippen LogP contribution >= 0.6 is 0 Å². The Hall–Kier alpha value is -0.680. The number of halogens is 1. The lowest BCUT2D eigenvalue weighted by Crippen LogP contribution is -3.00. The van der Waals surface area contributed by atoms with Crippen LogP contribution in [0.1, 0.15) is 12.5 Å². The van der Waals surface area contributed by atoms with Crippen LogP contribution in [-0.2, 0) is 4.79 Å². The van der Waals surface area contributed by atoms with Gasteiger partial charge in [-0.2, -0.15) is 0 Å². The molecule has 100 valence electrons. The fourth-order valence-electron chi connectivity index (χ4n) is 1.82. The highest BCUT2D eigenvalue weighted by Crippen LogP contribution is 2.07. The van der Waals surface area contributed by atoms with E-state index in [2.05, 4.69) is 21.1 Å². The van der Waals surface area contributed by atoms with E-state index in [1.165, 1.54) is 0 Å². The van der Waals surface area contributed by atoms with Crippen LogP contribution in [0.4, 0.5) is 0 Å². The monoisotopic (exact) mass is 359 g/mol. The van der Waals surface area contributed by atoms with E-state index < -0.39 is 0 Å². The summed E-state index contributed by atoms with van der Waals surface area (Å²) < 4.78 is 0.812. The van der Waals surface area contributed by atoms with E-state index in [1.54, 1.807) is 6.08 Å². The molecule has 0 amide bonds. The first kappa shape index (κ1) is 17.3. The molecule has 1 atom stereocenters. The van der Waals surface area contributed by atoms with E-state index in [-0.39, 0.29) is 35.7 Å². The Kier molecular flexibility index (Phi) is 7.40. The van der Waals surface area contributed by atoms with Gasteiger partial charge in [0.15, 0.2) is 5.78 Å². The Bertz CT molecular complexity index is 393. The number of rotatable bonds is 5. The number of nitrogens with zero attached hydrogens (tertiary/aromatic N) is 1. The van der Waals surface area contributed by atoms with E-state index in [0.717, 1.165) is 16.6 Å². The SMILES string of the molecule is CC(C[N+](C)(C)C)C(=O)/C=C/c1ccccc1.[I-]. The molecule has 1 aromatic carbocycles. The summed E-state index contributed by atoms with van der Waals surface area (Å²) in [6.07, 6.45) is 3.57. The van der Waals surface area contributed by atoms with Crippen LogP contribution in [0.2, 0.25) is 0 Å². The molecule has 3 heteroatoms. The number of benzene rings is 1. The van der Waals surface area contributed by atoms with Crippen LogP contribution in [0.25, 0.3) is 6.08 Å². The van der Waals surface area contributed by atoms with Crippen molar-refractivity contribution >= 4 is 11.9 Å². The summed E-state index contributed by atoms with van der Waals surface area (Å²) in [6, 6.07) is 9.90. The van der Waals surface area contributed by atoms with Crippen LogP contribution in [0.5, 0.6) is 0 Å². The van der Waals surface area contributed by atoms with E-state index in [0.29, 0.717) is 0 Å². The Morgan fingerprint density at radius 2 is 1.78 bits per heavy atom. The van der Waals surface area contributed by atoms with Gasteiger partial charge in [0.2, 0.25) is 0 Å². The number of allylic oxidation sites excluding steroid dienone is 1. The van der Waals surface area contributed by atoms with Crippen LogP contribution < -0.4 is 24.0 Å². The van der Waals surface area contributed by atoms with Crippen LogP contribution in [0.15, 0.2) is 36.4 Å². The first-order chi connectivity index (χ1) is 7.88. The van der Waals surface area contributed by atoms with Crippen molar-refractivity contribution in [2.75, 3.05) is 27.7 Å². The molecule has 0 saturated heterocycles. The van der Waals surface area contributed by atoms with Crippen LogP contribution in [0.3, 0.4) is 0 Å². The number of hydrogen-bond donors (Lipinski definition) is 0. The minimum atomic E-state index is 0. The number of carbonyl (C=O) groups is 1. The second-order valence-corrected chi connectivity index (χ2v) is 5.52. The number of carbonyl (C=O) groups excluding carboxylic acids is 1. The maximum Gasteiger partial charge on any atom is 0.164 e. The third kappa shape index (κ3) is 6.91. The quantitative estimate of drug-likeness (QED) is 0.398. The van der Waals surface area contributed by atoms with E-state index in [9.17, 15) is 4.79 Å². The molecule has 0 spiro atoms. The molecule has 0 heterocycles. The summed E-state index contributed by atoms with van der Waals surface area (Å²) in [7, 11) is 6.31. The Labute approximate surface area is 127 Å². The van der Waals surface area contributed by atoms with Gasteiger partial charge in [-0.25, -0.2) is 0 Å². The average Bonchev–Trinajstić information content (AvgIpc) is 2.25. The summed E-state index contributed by atoms with van der Waals surface area (Å²) in [6.45, 7) is 2.85. The largest absolute Gasteiger partial charge is 1.00 e. The van der Waals surface area contributed by atoms with Crippen molar-refractivity contribution in [1.82, 2.24) is 0 Å². The topological polar surface area (TPSA) is 17.1 Å². The molecular formula is C15H22INO. The van der Waals surface area contributed by atoms with Gasteiger partial charge < -0.3 is 28.5 Å². The molecule has 1 aromatic rings. The molecule has 0 radical (unpaired) electrons. The molecule has 18 heavy (non-hydrogen) atoms. The smallest absolute Gasteiger partial charge is 0.164 e. The second-order valence-electron chi connectivity index (χ2n) is 5.52. The summed E-state index contributed by atoms with van der Waals surface area (Å²) in [5.41, 5.74) is 1.07. The standard InChI is InChI=1S/C15H22NO.HI/c1-13(12-16(2,3)4)15(17)11-10-14-8-6-5-7-9-14;/h5-11,13H,12H2,1-4H3;1H/q+1;/p-1/b11-10+;. The lowest BCUT2D eigenvalue weighted by Gasteiger charge is -2.26. The highest BCUT2D eigenvalue weighted by Gasteiger charge is 2.18. The molecule has 0 aliphatic carbocycles. The average molecular weight is 359 g/mol. The number of hydrogen-bond acceptors (Lipinski definition) is 1. The molecule has 0 aromatic heterocycles. The summed E-state index contributed by atoms with van der Waals surface area (Å²) >= 11 is 0. The molecule has 2 nitrogen and oxygen atoms in total. The zero-order valence-electron chi connectivity index (χ0n) is 11.6. The maximum atomic E-state index is 11.9. The summed E-state index contributed by atoms with van der Waals surface area (Å²) in [5.74, 6) is 0.261. The summed E-state index contributed by atoms with van der Waals surface area (Å²) in [4.78, 5) is 11.9. The van der Waals surface area contributed by atoms with Crippen LogP contribution in [-0.4, -0.2) is 38.0 Å². The Morgan fingerprint density at radius 1 is 1.22 bits per heavy atom. The maximum absolute atomic E-state index is 11.9. The zero-order valence-corrected chi connectivity index (χ0v) is 13.7. The molecule has 1 unspecified atom stereocenters. The molecule has 0 fully saturated rings. The summed E-state index contributed by atoms with van der Waals surface area (Å²) in [5, 5.41) is 0. The van der Waals surface area contributed by atoms with Crippen molar-refractivity contribution in [3.8, 4) is 0 Å². The van der Waals surface area contributed by atoms with Crippen molar-refractivity contribution < 1.29 is 33.3 Å². The van der Waals surface area contributed by atoms with Gasteiger partial charge >= 0.3 is 0 Å². The van der Waals surface area contributed by atoms with Gasteiger partial charge in [0, 0.05) is 0 Å². The van der Waals surface area contributed by atoms with Crippen LogP contribution in [0, 0.1) is 5.92 Å². The van der Waals surface area contributed by atoms with Gasteiger partial charge in [0.05, 0.1) is 33.6 Å². The predicted octanol–water partition coefficient (Wildman–Crippen LogP) is -0.385. The lowest BCUT2D eigenvalue weighted by molar-refractivity contribution is -0.872. The Morgan fingerprint density at radius 3 is 2.28 bits per heavy atom. The fourth-order valence-corrected chi connectivity index (χ4v) is 1.82. The van der Waals surface area contributed by atoms with Gasteiger partial charge in [-0.15, -0.1) is 0 Å². The first-order valence-electron chi connectivity index (χ1n) is 5.96. The van der Waals surface area contributed by atoms with Crippen molar-refractivity contribution in [1.29, 1.82) is 0 Å². The van der Waals surface area contributed by atoms with Gasteiger partial charge in [-0.05, 0) is 18.6 Å². The minimum absolute atomic E-state index is 0. The molecule has 0 N–H and O–H groups in total. The fraction of sp³-hybridized carbons (Fsp3) is 0.400. The van der Waals surface area contributed by atoms with E-state index in [1.807, 2.05) is 43.3 Å². The number of quaternary nitrogens is 1. The van der Waals surface area contributed by atoms with Crippen molar-refractivity contribution in [2.45, 2.75) is 6.92 Å². The molecule has 0 saturated carbocycles. The van der Waals surface area contributed by atoms with Gasteiger partial charge in [-0.3, -0.25) is 4.79 Å². The highest BCUT2D eigenvalue weighted by atomic mass is 127. The Balaban J connectivity index is 0.00000289. The van der Waals surface area contributed by atoms with Gasteiger partial charge in [-0.1, -0.05) is 36.4 Å². The second kappa shape index (κ2) is 7.69. The lowest BCUT2D eigenvalue weighted by atomic mass is 10.0. The van der Waals surface area contributed by atoms with Crippen molar-refractivity contribution in [2.24, 2.45) is 5.92 Å². The predicted molar refractivity (Wildman–Crippen MR) is 72.5 cm³/mol. The minimum Gasteiger partial charge on any atom is -1.00 e. The molecule has 1 rings (SSSR count). The van der Waals surface area contributed by atoms with E-state index >= 15 is 0 Å². The molecule has 0 aliphatic heterocycles. The van der Waals surface area contributed by atoms with Gasteiger partial charge in [0.1, 0.15) is 0 Å². The normalized spacial score (nSPS) is 13.1. The third-order valence-corrected chi connectivity index (χ3v) is 2.55. The van der Waals surface area contributed by atoms with E-state index in [4.69, 9.17) is 0 Å². The highest BCUT2D eigenvalue weighted by molar-refractivity contribution is 5.95.